The van der Waals surface area contributed by atoms with Gasteiger partial charge in [-0.3, -0.25) is 4.99 Å². The SMILES string of the molecule is CN=C(NCCc1ccccc1OC)NCc1ccc(-n2ccnc2)c(F)c1. The van der Waals surface area contributed by atoms with Crippen LogP contribution in [0.4, 0.5) is 4.39 Å². The molecule has 1 aromatic heterocycles. The first-order chi connectivity index (χ1) is 13.7. The van der Waals surface area contributed by atoms with Gasteiger partial charge >= 0.3 is 0 Å². The predicted molar refractivity (Wildman–Crippen MR) is 108 cm³/mol. The zero-order valence-corrected chi connectivity index (χ0v) is 16.0. The molecule has 0 fully saturated rings. The van der Waals surface area contributed by atoms with Crippen LogP contribution in [0.5, 0.6) is 5.75 Å². The second kappa shape index (κ2) is 9.55. The van der Waals surface area contributed by atoms with Crippen molar-refractivity contribution in [2.45, 2.75) is 13.0 Å². The molecule has 0 unspecified atom stereocenters. The molecule has 3 aromatic rings. The lowest BCUT2D eigenvalue weighted by Gasteiger charge is -2.13. The molecule has 0 bridgehead atoms. The van der Waals surface area contributed by atoms with E-state index >= 15 is 0 Å². The Kier molecular flexibility index (Phi) is 6.62. The van der Waals surface area contributed by atoms with Gasteiger partial charge in [-0.05, 0) is 35.7 Å². The fraction of sp³-hybridized carbons (Fsp3) is 0.238. The molecule has 0 aliphatic rings. The van der Waals surface area contributed by atoms with E-state index in [1.54, 1.807) is 43.5 Å². The molecule has 0 saturated carbocycles. The summed E-state index contributed by atoms with van der Waals surface area (Å²) in [6, 6.07) is 13.1. The van der Waals surface area contributed by atoms with Crippen LogP contribution in [0.3, 0.4) is 0 Å². The quantitative estimate of drug-likeness (QED) is 0.488. The normalized spacial score (nSPS) is 11.3. The van der Waals surface area contributed by atoms with E-state index in [4.69, 9.17) is 4.74 Å². The van der Waals surface area contributed by atoms with Gasteiger partial charge in [0, 0.05) is 32.5 Å². The number of methoxy groups -OCH3 is 1. The number of hydrogen-bond acceptors (Lipinski definition) is 3. The van der Waals surface area contributed by atoms with Crippen molar-refractivity contribution in [3.8, 4) is 11.4 Å². The minimum atomic E-state index is -0.295. The number of imidazole rings is 1. The van der Waals surface area contributed by atoms with Crippen LogP contribution in [0.2, 0.25) is 0 Å². The van der Waals surface area contributed by atoms with E-state index in [1.165, 1.54) is 6.07 Å². The summed E-state index contributed by atoms with van der Waals surface area (Å²) in [4.78, 5) is 8.16. The fourth-order valence-electron chi connectivity index (χ4n) is 2.90. The van der Waals surface area contributed by atoms with Gasteiger partial charge in [-0.1, -0.05) is 24.3 Å². The highest BCUT2D eigenvalue weighted by atomic mass is 19.1. The predicted octanol–water partition coefficient (Wildman–Crippen LogP) is 2.93. The number of guanidine groups is 1. The molecule has 0 aliphatic carbocycles. The van der Waals surface area contributed by atoms with E-state index < -0.39 is 0 Å². The van der Waals surface area contributed by atoms with E-state index in [1.807, 2.05) is 30.3 Å². The topological polar surface area (TPSA) is 63.5 Å². The number of nitrogens with one attached hydrogen (secondary N) is 2. The maximum absolute atomic E-state index is 14.3. The Balaban J connectivity index is 1.52. The monoisotopic (exact) mass is 381 g/mol. The van der Waals surface area contributed by atoms with Crippen molar-refractivity contribution in [3.63, 3.8) is 0 Å². The number of benzene rings is 2. The lowest BCUT2D eigenvalue weighted by atomic mass is 10.1. The van der Waals surface area contributed by atoms with Crippen molar-refractivity contribution in [1.82, 2.24) is 20.2 Å². The van der Waals surface area contributed by atoms with Crippen molar-refractivity contribution in [1.29, 1.82) is 0 Å². The van der Waals surface area contributed by atoms with E-state index in [9.17, 15) is 4.39 Å². The van der Waals surface area contributed by atoms with Crippen LogP contribution in [-0.2, 0) is 13.0 Å². The maximum atomic E-state index is 14.3. The Hall–Kier alpha value is -3.35. The van der Waals surface area contributed by atoms with Gasteiger partial charge in [0.25, 0.3) is 0 Å². The number of para-hydroxylation sites is 1. The number of aromatic nitrogens is 2. The standard InChI is InChI=1S/C21H24FN5O/c1-23-21(25-10-9-17-5-3-4-6-20(17)28-2)26-14-16-7-8-19(18(22)13-16)27-12-11-24-15-27/h3-8,11-13,15H,9-10,14H2,1-2H3,(H2,23,25,26). The van der Waals surface area contributed by atoms with Gasteiger partial charge < -0.3 is 19.9 Å². The summed E-state index contributed by atoms with van der Waals surface area (Å²) in [5, 5.41) is 6.47. The van der Waals surface area contributed by atoms with Crippen LogP contribution in [0, 0.1) is 5.82 Å². The zero-order chi connectivity index (χ0) is 19.8. The molecule has 0 saturated heterocycles. The number of nitrogens with zero attached hydrogens (tertiary/aromatic N) is 3. The average molecular weight is 381 g/mol. The minimum Gasteiger partial charge on any atom is -0.496 e. The highest BCUT2D eigenvalue weighted by Gasteiger charge is 2.07. The van der Waals surface area contributed by atoms with Crippen LogP contribution >= 0.6 is 0 Å². The molecule has 2 aromatic carbocycles. The highest BCUT2D eigenvalue weighted by Crippen LogP contribution is 2.17. The van der Waals surface area contributed by atoms with Crippen molar-refractivity contribution in [2.24, 2.45) is 4.99 Å². The van der Waals surface area contributed by atoms with Gasteiger partial charge in [0.05, 0.1) is 19.1 Å². The van der Waals surface area contributed by atoms with Gasteiger partial charge in [-0.2, -0.15) is 0 Å². The van der Waals surface area contributed by atoms with Gasteiger partial charge in [0.1, 0.15) is 11.6 Å². The Labute approximate surface area is 164 Å². The third-order valence-corrected chi connectivity index (χ3v) is 4.36. The smallest absolute Gasteiger partial charge is 0.191 e. The van der Waals surface area contributed by atoms with Crippen molar-refractivity contribution in [3.05, 3.63) is 78.1 Å². The molecule has 2 N–H and O–H groups in total. The molecule has 0 amide bonds. The van der Waals surface area contributed by atoms with Crippen molar-refractivity contribution in [2.75, 3.05) is 20.7 Å². The molecule has 6 nitrogen and oxygen atoms in total. The number of halogens is 1. The Morgan fingerprint density at radius 2 is 2.07 bits per heavy atom. The first kappa shape index (κ1) is 19.4. The first-order valence-corrected chi connectivity index (χ1v) is 9.04. The Bertz CT molecular complexity index is 924. The maximum Gasteiger partial charge on any atom is 0.191 e. The van der Waals surface area contributed by atoms with E-state index in [-0.39, 0.29) is 5.82 Å². The highest BCUT2D eigenvalue weighted by molar-refractivity contribution is 5.79. The van der Waals surface area contributed by atoms with Gasteiger partial charge in [-0.15, -0.1) is 0 Å². The molecule has 146 valence electrons. The van der Waals surface area contributed by atoms with Gasteiger partial charge in [-0.25, -0.2) is 9.37 Å². The molecular formula is C21H24FN5O. The zero-order valence-electron chi connectivity index (χ0n) is 16.0. The van der Waals surface area contributed by atoms with Crippen LogP contribution < -0.4 is 15.4 Å². The summed E-state index contributed by atoms with van der Waals surface area (Å²) in [6.07, 6.45) is 5.71. The number of aliphatic imine (C=N–C) groups is 1. The summed E-state index contributed by atoms with van der Waals surface area (Å²) in [7, 11) is 3.38. The van der Waals surface area contributed by atoms with Crippen molar-refractivity contribution < 1.29 is 9.13 Å². The second-order valence-electron chi connectivity index (χ2n) is 6.17. The summed E-state index contributed by atoms with van der Waals surface area (Å²) < 4.78 is 21.4. The average Bonchev–Trinajstić information content (AvgIpc) is 3.25. The van der Waals surface area contributed by atoms with E-state index in [2.05, 4.69) is 20.6 Å². The molecule has 28 heavy (non-hydrogen) atoms. The van der Waals surface area contributed by atoms with Crippen LogP contribution in [-0.4, -0.2) is 36.2 Å². The molecule has 0 aliphatic heterocycles. The van der Waals surface area contributed by atoms with Gasteiger partial charge in [0.15, 0.2) is 5.96 Å². The third-order valence-electron chi connectivity index (χ3n) is 4.36. The third kappa shape index (κ3) is 4.88. The number of ether oxygens (including phenoxy) is 1. The molecule has 0 radical (unpaired) electrons. The summed E-state index contributed by atoms with van der Waals surface area (Å²) in [5.74, 6) is 1.24. The fourth-order valence-corrected chi connectivity index (χ4v) is 2.90. The number of rotatable bonds is 7. The minimum absolute atomic E-state index is 0.295. The Morgan fingerprint density at radius 3 is 2.79 bits per heavy atom. The van der Waals surface area contributed by atoms with E-state index in [0.717, 1.165) is 23.3 Å². The van der Waals surface area contributed by atoms with Gasteiger partial charge in [0.2, 0.25) is 0 Å². The Morgan fingerprint density at radius 1 is 1.21 bits per heavy atom. The van der Waals surface area contributed by atoms with Crippen LogP contribution in [0.1, 0.15) is 11.1 Å². The molecule has 0 atom stereocenters. The molecule has 1 heterocycles. The summed E-state index contributed by atoms with van der Waals surface area (Å²) in [6.45, 7) is 1.17. The summed E-state index contributed by atoms with van der Waals surface area (Å²) in [5.41, 5.74) is 2.43. The van der Waals surface area contributed by atoms with E-state index in [0.29, 0.717) is 24.7 Å². The second-order valence-corrected chi connectivity index (χ2v) is 6.17. The van der Waals surface area contributed by atoms with Crippen LogP contribution in [0.25, 0.3) is 5.69 Å². The molecule has 7 heteroatoms. The van der Waals surface area contributed by atoms with Crippen molar-refractivity contribution >= 4 is 5.96 Å². The lowest BCUT2D eigenvalue weighted by Crippen LogP contribution is -2.37. The molecule has 0 spiro atoms. The molecule has 3 rings (SSSR count). The lowest BCUT2D eigenvalue weighted by molar-refractivity contribution is 0.409. The largest absolute Gasteiger partial charge is 0.496 e. The van der Waals surface area contributed by atoms with Crippen LogP contribution in [0.15, 0.2) is 66.2 Å². The number of hydrogen-bond donors (Lipinski definition) is 2. The first-order valence-electron chi connectivity index (χ1n) is 9.04. The summed E-state index contributed by atoms with van der Waals surface area (Å²) >= 11 is 0. The molecular weight excluding hydrogens is 357 g/mol.